The van der Waals surface area contributed by atoms with E-state index in [2.05, 4.69) is 15.6 Å². The Morgan fingerprint density at radius 1 is 1.44 bits per heavy atom. The molecule has 0 aliphatic carbocycles. The third-order valence-corrected chi connectivity index (χ3v) is 2.61. The number of aliphatic carboxylic acids is 1. The van der Waals surface area contributed by atoms with E-state index in [0.717, 1.165) is 0 Å². The molecule has 1 amide bonds. The molecule has 100 valence electrons. The van der Waals surface area contributed by atoms with Crippen molar-refractivity contribution in [2.24, 2.45) is 5.92 Å². The highest BCUT2D eigenvalue weighted by Crippen LogP contribution is 2.00. The Morgan fingerprint density at radius 2 is 2.11 bits per heavy atom. The van der Waals surface area contributed by atoms with E-state index in [1.54, 1.807) is 0 Å². The van der Waals surface area contributed by atoms with Crippen molar-refractivity contribution in [3.63, 3.8) is 0 Å². The fourth-order valence-electron chi connectivity index (χ4n) is 1.27. The first-order valence-electron chi connectivity index (χ1n) is 5.78. The van der Waals surface area contributed by atoms with Crippen LogP contribution in [0.25, 0.3) is 0 Å². The van der Waals surface area contributed by atoms with Crippen LogP contribution < -0.4 is 5.32 Å². The molecule has 0 saturated heterocycles. The maximum atomic E-state index is 11.6. The molecule has 2 N–H and O–H groups in total. The van der Waals surface area contributed by atoms with Gasteiger partial charge < -0.3 is 10.4 Å². The summed E-state index contributed by atoms with van der Waals surface area (Å²) in [7, 11) is 0. The minimum absolute atomic E-state index is 0.0453. The standard InChI is InChI=1S/C11H18N4O3/c1-7(2)8(3)12-10(16)6-15-5-9(13-14-15)4-11(17)18/h5,7-8H,4,6H2,1-3H3,(H,12,16)(H,17,18). The van der Waals surface area contributed by atoms with Gasteiger partial charge in [0, 0.05) is 12.2 Å². The van der Waals surface area contributed by atoms with Crippen LogP contribution in [-0.2, 0) is 22.6 Å². The molecule has 7 nitrogen and oxygen atoms in total. The molecule has 0 spiro atoms. The molecule has 7 heteroatoms. The Labute approximate surface area is 105 Å². The number of carboxylic acid groups (broad SMARTS) is 1. The smallest absolute Gasteiger partial charge is 0.309 e. The molecular formula is C11H18N4O3. The number of carboxylic acids is 1. The third kappa shape index (κ3) is 4.52. The summed E-state index contributed by atoms with van der Waals surface area (Å²) in [5.74, 6) is -0.782. The van der Waals surface area contributed by atoms with Crippen molar-refractivity contribution < 1.29 is 14.7 Å². The number of carbonyl (C=O) groups excluding carboxylic acids is 1. The second-order valence-electron chi connectivity index (χ2n) is 4.58. The largest absolute Gasteiger partial charge is 0.481 e. The van der Waals surface area contributed by atoms with Gasteiger partial charge in [0.1, 0.15) is 6.54 Å². The van der Waals surface area contributed by atoms with Gasteiger partial charge in [-0.15, -0.1) is 5.10 Å². The minimum Gasteiger partial charge on any atom is -0.481 e. The summed E-state index contributed by atoms with van der Waals surface area (Å²) in [4.78, 5) is 22.1. The molecule has 1 atom stereocenters. The Morgan fingerprint density at radius 3 is 2.67 bits per heavy atom. The number of hydrogen-bond donors (Lipinski definition) is 2. The predicted molar refractivity (Wildman–Crippen MR) is 63.8 cm³/mol. The van der Waals surface area contributed by atoms with E-state index in [9.17, 15) is 9.59 Å². The summed E-state index contributed by atoms with van der Waals surface area (Å²) in [6.07, 6.45) is 1.28. The lowest BCUT2D eigenvalue weighted by Crippen LogP contribution is -2.38. The SMILES string of the molecule is CC(C)C(C)NC(=O)Cn1cc(CC(=O)O)nn1. The molecule has 0 aliphatic heterocycles. The van der Waals surface area contributed by atoms with Gasteiger partial charge in [-0.2, -0.15) is 0 Å². The van der Waals surface area contributed by atoms with Crippen LogP contribution in [-0.4, -0.2) is 38.0 Å². The van der Waals surface area contributed by atoms with E-state index in [1.807, 2.05) is 20.8 Å². The van der Waals surface area contributed by atoms with Gasteiger partial charge in [-0.25, -0.2) is 4.68 Å². The highest BCUT2D eigenvalue weighted by molar-refractivity contribution is 5.76. The Kier molecular flexibility index (Phi) is 4.82. The molecule has 1 rings (SSSR count). The fourth-order valence-corrected chi connectivity index (χ4v) is 1.27. The van der Waals surface area contributed by atoms with Crippen LogP contribution in [0.4, 0.5) is 0 Å². The van der Waals surface area contributed by atoms with E-state index in [1.165, 1.54) is 10.9 Å². The average molecular weight is 254 g/mol. The Hall–Kier alpha value is -1.92. The number of carbonyl (C=O) groups is 2. The van der Waals surface area contributed by atoms with E-state index >= 15 is 0 Å². The summed E-state index contributed by atoms with van der Waals surface area (Å²) < 4.78 is 1.33. The number of hydrogen-bond acceptors (Lipinski definition) is 4. The predicted octanol–water partition coefficient (Wildman–Crippen LogP) is 0.0659. The van der Waals surface area contributed by atoms with Gasteiger partial charge in [-0.05, 0) is 12.8 Å². The molecule has 0 radical (unpaired) electrons. The van der Waals surface area contributed by atoms with Crippen molar-refractivity contribution in [2.45, 2.75) is 39.8 Å². The van der Waals surface area contributed by atoms with Crippen LogP contribution >= 0.6 is 0 Å². The first-order valence-corrected chi connectivity index (χ1v) is 5.78. The zero-order valence-corrected chi connectivity index (χ0v) is 10.8. The second kappa shape index (κ2) is 6.13. The van der Waals surface area contributed by atoms with Crippen LogP contribution in [0.1, 0.15) is 26.5 Å². The molecule has 0 bridgehead atoms. The monoisotopic (exact) mass is 254 g/mol. The Bertz CT molecular complexity index is 428. The lowest BCUT2D eigenvalue weighted by molar-refractivity contribution is -0.136. The normalized spacial score (nSPS) is 12.4. The van der Waals surface area contributed by atoms with Crippen molar-refractivity contribution in [3.05, 3.63) is 11.9 Å². The molecular weight excluding hydrogens is 236 g/mol. The zero-order chi connectivity index (χ0) is 13.7. The van der Waals surface area contributed by atoms with E-state index < -0.39 is 5.97 Å². The number of rotatable bonds is 6. The van der Waals surface area contributed by atoms with Crippen molar-refractivity contribution in [1.82, 2.24) is 20.3 Å². The van der Waals surface area contributed by atoms with Crippen molar-refractivity contribution >= 4 is 11.9 Å². The van der Waals surface area contributed by atoms with Gasteiger partial charge >= 0.3 is 5.97 Å². The maximum absolute atomic E-state index is 11.6. The van der Waals surface area contributed by atoms with E-state index in [-0.39, 0.29) is 24.9 Å². The number of aromatic nitrogens is 3. The molecule has 1 unspecified atom stereocenters. The van der Waals surface area contributed by atoms with Gasteiger partial charge in [0.2, 0.25) is 5.91 Å². The van der Waals surface area contributed by atoms with Gasteiger partial charge in [0.25, 0.3) is 0 Å². The van der Waals surface area contributed by atoms with Gasteiger partial charge in [-0.1, -0.05) is 19.1 Å². The quantitative estimate of drug-likeness (QED) is 0.748. The highest BCUT2D eigenvalue weighted by Gasteiger charge is 2.12. The summed E-state index contributed by atoms with van der Waals surface area (Å²) in [5, 5.41) is 18.8. The topological polar surface area (TPSA) is 97.1 Å². The first kappa shape index (κ1) is 14.1. The number of amides is 1. The molecule has 1 aromatic rings. The maximum Gasteiger partial charge on any atom is 0.309 e. The molecule has 1 heterocycles. The van der Waals surface area contributed by atoms with Crippen LogP contribution in [0, 0.1) is 5.92 Å². The van der Waals surface area contributed by atoms with E-state index in [0.29, 0.717) is 11.6 Å². The molecule has 0 aromatic carbocycles. The summed E-state index contributed by atoms with van der Waals surface area (Å²) in [5.41, 5.74) is 0.340. The fraction of sp³-hybridized carbons (Fsp3) is 0.636. The van der Waals surface area contributed by atoms with Crippen molar-refractivity contribution in [1.29, 1.82) is 0 Å². The average Bonchev–Trinajstić information content (AvgIpc) is 2.63. The van der Waals surface area contributed by atoms with Crippen LogP contribution in [0.5, 0.6) is 0 Å². The first-order chi connectivity index (χ1) is 8.38. The number of nitrogens with zero attached hydrogens (tertiary/aromatic N) is 3. The van der Waals surface area contributed by atoms with Gasteiger partial charge in [-0.3, -0.25) is 9.59 Å². The van der Waals surface area contributed by atoms with Gasteiger partial charge in [0.15, 0.2) is 0 Å². The van der Waals surface area contributed by atoms with E-state index in [4.69, 9.17) is 5.11 Å². The van der Waals surface area contributed by atoms with Gasteiger partial charge in [0.05, 0.1) is 12.1 Å². The lowest BCUT2D eigenvalue weighted by Gasteiger charge is -2.17. The summed E-state index contributed by atoms with van der Waals surface area (Å²) in [6.45, 7) is 6.01. The van der Waals surface area contributed by atoms with Crippen LogP contribution in [0.15, 0.2) is 6.20 Å². The number of nitrogens with one attached hydrogen (secondary N) is 1. The minimum atomic E-state index is -0.972. The molecule has 1 aromatic heterocycles. The second-order valence-corrected chi connectivity index (χ2v) is 4.58. The van der Waals surface area contributed by atoms with Crippen LogP contribution in [0.2, 0.25) is 0 Å². The molecule has 18 heavy (non-hydrogen) atoms. The van der Waals surface area contributed by atoms with Crippen molar-refractivity contribution in [3.8, 4) is 0 Å². The summed E-state index contributed by atoms with van der Waals surface area (Å²) >= 11 is 0. The lowest BCUT2D eigenvalue weighted by atomic mass is 10.1. The molecule has 0 saturated carbocycles. The Balaban J connectivity index is 2.49. The summed E-state index contributed by atoms with van der Waals surface area (Å²) in [6, 6.07) is 0.0829. The van der Waals surface area contributed by atoms with Crippen molar-refractivity contribution in [2.75, 3.05) is 0 Å². The highest BCUT2D eigenvalue weighted by atomic mass is 16.4. The van der Waals surface area contributed by atoms with Crippen LogP contribution in [0.3, 0.4) is 0 Å². The molecule has 0 fully saturated rings. The molecule has 0 aliphatic rings. The third-order valence-electron chi connectivity index (χ3n) is 2.61. The zero-order valence-electron chi connectivity index (χ0n) is 10.8.